The molecule has 174 valence electrons. The van der Waals surface area contributed by atoms with Gasteiger partial charge in [0, 0.05) is 16.6 Å². The van der Waals surface area contributed by atoms with E-state index in [2.05, 4.69) is 45.6 Å². The smallest absolute Gasteiger partial charge is 0.260 e. The lowest BCUT2D eigenvalue weighted by Crippen LogP contribution is -2.17. The molecular weight excluding hydrogens is 462 g/mol. The second-order valence-electron chi connectivity index (χ2n) is 9.00. The Kier molecular flexibility index (Phi) is 6.32. The minimum atomic E-state index is -0.160. The Bertz CT molecular complexity index is 1450. The van der Waals surface area contributed by atoms with Gasteiger partial charge in [-0.25, -0.2) is 4.98 Å². The summed E-state index contributed by atoms with van der Waals surface area (Å²) in [7, 11) is 0. The first-order valence-electron chi connectivity index (χ1n) is 11.5. The molecule has 0 spiro atoms. The van der Waals surface area contributed by atoms with E-state index >= 15 is 0 Å². The SMILES string of the molecule is Cc1cc(C)c(NC(=O)CSc2nc3scc(-c4ccc5c(c4)CCCC5)c3c(=O)[nH]2)c(C)c1. The largest absolute Gasteiger partial charge is 0.325 e. The number of carbonyl (C=O) groups is 1. The molecule has 2 aromatic carbocycles. The number of benzene rings is 2. The molecule has 0 unspecified atom stereocenters. The molecule has 5 nitrogen and oxygen atoms in total. The van der Waals surface area contributed by atoms with Gasteiger partial charge >= 0.3 is 0 Å². The van der Waals surface area contributed by atoms with Crippen LogP contribution < -0.4 is 10.9 Å². The lowest BCUT2D eigenvalue weighted by atomic mass is 9.89. The van der Waals surface area contributed by atoms with E-state index in [4.69, 9.17) is 0 Å². The van der Waals surface area contributed by atoms with Crippen molar-refractivity contribution < 1.29 is 4.79 Å². The van der Waals surface area contributed by atoms with Gasteiger partial charge in [-0.2, -0.15) is 0 Å². The summed E-state index contributed by atoms with van der Waals surface area (Å²) in [6.45, 7) is 6.03. The van der Waals surface area contributed by atoms with Crippen LogP contribution >= 0.6 is 23.1 Å². The van der Waals surface area contributed by atoms with Gasteiger partial charge in [0.1, 0.15) is 4.83 Å². The van der Waals surface area contributed by atoms with Crippen LogP contribution in [0.2, 0.25) is 0 Å². The molecular formula is C27H27N3O2S2. The third kappa shape index (κ3) is 4.55. The van der Waals surface area contributed by atoms with Crippen LogP contribution in [-0.2, 0) is 17.6 Å². The molecule has 1 aliphatic carbocycles. The Hall–Kier alpha value is -2.90. The standard InChI is InChI=1S/C27H27N3O2S2/c1-15-10-16(2)24(17(3)11-15)28-22(31)14-34-27-29-25(32)23-21(13-33-26(23)30-27)20-9-8-18-6-4-5-7-19(18)12-20/h8-13H,4-7,14H2,1-3H3,(H,28,31)(H,29,30,32). The molecule has 5 rings (SSSR count). The van der Waals surface area contributed by atoms with Gasteiger partial charge < -0.3 is 10.3 Å². The van der Waals surface area contributed by atoms with E-state index in [0.717, 1.165) is 40.8 Å². The Morgan fingerprint density at radius 1 is 1.09 bits per heavy atom. The number of thiophene rings is 1. The zero-order valence-electron chi connectivity index (χ0n) is 19.6. The number of amides is 1. The molecule has 0 saturated carbocycles. The van der Waals surface area contributed by atoms with Crippen LogP contribution in [0.5, 0.6) is 0 Å². The molecule has 0 aliphatic heterocycles. The van der Waals surface area contributed by atoms with Gasteiger partial charge in [-0.05, 0) is 74.3 Å². The van der Waals surface area contributed by atoms with Crippen LogP contribution in [0.15, 0.2) is 45.7 Å². The number of H-pyrrole nitrogens is 1. The van der Waals surface area contributed by atoms with Crippen molar-refractivity contribution in [2.45, 2.75) is 51.6 Å². The predicted octanol–water partition coefficient (Wildman–Crippen LogP) is 6.19. The van der Waals surface area contributed by atoms with E-state index in [1.807, 2.05) is 26.2 Å². The van der Waals surface area contributed by atoms with Crippen molar-refractivity contribution >= 4 is 44.9 Å². The molecule has 34 heavy (non-hydrogen) atoms. The summed E-state index contributed by atoms with van der Waals surface area (Å²) in [5.41, 5.74) is 8.76. The van der Waals surface area contributed by atoms with Crippen molar-refractivity contribution in [2.24, 2.45) is 0 Å². The quantitative estimate of drug-likeness (QED) is 0.259. The average molecular weight is 490 g/mol. The minimum Gasteiger partial charge on any atom is -0.325 e. The second kappa shape index (κ2) is 9.39. The fourth-order valence-electron chi connectivity index (χ4n) is 4.80. The molecule has 2 N–H and O–H groups in total. The van der Waals surface area contributed by atoms with E-state index < -0.39 is 0 Å². The number of anilines is 1. The number of aromatic nitrogens is 2. The summed E-state index contributed by atoms with van der Waals surface area (Å²) in [4.78, 5) is 33.8. The van der Waals surface area contributed by atoms with Crippen molar-refractivity contribution in [3.05, 3.63) is 73.9 Å². The van der Waals surface area contributed by atoms with E-state index in [9.17, 15) is 9.59 Å². The number of carbonyl (C=O) groups excluding carboxylic acids is 1. The zero-order chi connectivity index (χ0) is 23.8. The maximum atomic E-state index is 13.0. The third-order valence-corrected chi connectivity index (χ3v) is 8.11. The van der Waals surface area contributed by atoms with E-state index in [0.29, 0.717) is 15.4 Å². The highest BCUT2D eigenvalue weighted by molar-refractivity contribution is 7.99. The number of aromatic amines is 1. The van der Waals surface area contributed by atoms with Crippen LogP contribution in [0.1, 0.15) is 40.7 Å². The van der Waals surface area contributed by atoms with E-state index in [-0.39, 0.29) is 17.2 Å². The topological polar surface area (TPSA) is 74.8 Å². The van der Waals surface area contributed by atoms with Gasteiger partial charge in [0.15, 0.2) is 5.16 Å². The summed E-state index contributed by atoms with van der Waals surface area (Å²) >= 11 is 2.71. The number of fused-ring (bicyclic) bond motifs is 2. The van der Waals surface area contributed by atoms with Crippen LogP contribution in [0, 0.1) is 20.8 Å². The molecule has 2 heterocycles. The van der Waals surface area contributed by atoms with Gasteiger partial charge in [0.05, 0.1) is 11.1 Å². The van der Waals surface area contributed by atoms with Crippen molar-refractivity contribution in [3.63, 3.8) is 0 Å². The zero-order valence-corrected chi connectivity index (χ0v) is 21.2. The van der Waals surface area contributed by atoms with Crippen LogP contribution in [0.25, 0.3) is 21.3 Å². The first-order chi connectivity index (χ1) is 16.4. The van der Waals surface area contributed by atoms with Gasteiger partial charge in [-0.3, -0.25) is 9.59 Å². The molecule has 0 atom stereocenters. The fraction of sp³-hybridized carbons (Fsp3) is 0.296. The van der Waals surface area contributed by atoms with Crippen LogP contribution in [0.4, 0.5) is 5.69 Å². The lowest BCUT2D eigenvalue weighted by molar-refractivity contribution is -0.113. The fourth-order valence-corrected chi connectivity index (χ4v) is 6.46. The molecule has 2 aromatic heterocycles. The Morgan fingerprint density at radius 2 is 1.82 bits per heavy atom. The van der Waals surface area contributed by atoms with Crippen molar-refractivity contribution in [3.8, 4) is 11.1 Å². The molecule has 4 aromatic rings. The number of rotatable bonds is 5. The summed E-state index contributed by atoms with van der Waals surface area (Å²) < 4.78 is 0. The lowest BCUT2D eigenvalue weighted by Gasteiger charge is -2.16. The number of hydrogen-bond acceptors (Lipinski definition) is 5. The van der Waals surface area contributed by atoms with E-state index in [1.54, 1.807) is 0 Å². The maximum absolute atomic E-state index is 13.0. The molecule has 1 aliphatic rings. The number of nitrogens with one attached hydrogen (secondary N) is 2. The van der Waals surface area contributed by atoms with Crippen molar-refractivity contribution in [1.82, 2.24) is 9.97 Å². The van der Waals surface area contributed by atoms with Gasteiger partial charge in [-0.1, -0.05) is 47.7 Å². The van der Waals surface area contributed by atoms with Crippen molar-refractivity contribution in [2.75, 3.05) is 11.1 Å². The molecule has 7 heteroatoms. The Morgan fingerprint density at radius 3 is 2.59 bits per heavy atom. The maximum Gasteiger partial charge on any atom is 0.260 e. The van der Waals surface area contributed by atoms with Gasteiger partial charge in [-0.15, -0.1) is 11.3 Å². The third-order valence-electron chi connectivity index (χ3n) is 6.36. The molecule has 0 fully saturated rings. The monoisotopic (exact) mass is 489 g/mol. The minimum absolute atomic E-state index is 0.122. The van der Waals surface area contributed by atoms with Crippen LogP contribution in [0.3, 0.4) is 0 Å². The van der Waals surface area contributed by atoms with Crippen LogP contribution in [-0.4, -0.2) is 21.6 Å². The first kappa shape index (κ1) is 22.9. The highest BCUT2D eigenvalue weighted by atomic mass is 32.2. The summed E-state index contributed by atoms with van der Waals surface area (Å²) in [6, 6.07) is 10.7. The molecule has 1 amide bonds. The summed E-state index contributed by atoms with van der Waals surface area (Å²) in [6.07, 6.45) is 4.71. The normalized spacial score (nSPS) is 13.1. The predicted molar refractivity (Wildman–Crippen MR) is 142 cm³/mol. The summed E-state index contributed by atoms with van der Waals surface area (Å²) in [5.74, 6) is 0.0493. The average Bonchev–Trinajstić information content (AvgIpc) is 3.24. The molecule has 0 radical (unpaired) electrons. The first-order valence-corrected chi connectivity index (χ1v) is 13.4. The Labute approximate surface area is 207 Å². The Balaban J connectivity index is 1.34. The van der Waals surface area contributed by atoms with Crippen molar-refractivity contribution in [1.29, 1.82) is 0 Å². The number of thioether (sulfide) groups is 1. The number of aryl methyl sites for hydroxylation is 5. The summed E-state index contributed by atoms with van der Waals surface area (Å²) in [5, 5.41) is 6.10. The number of hydrogen-bond donors (Lipinski definition) is 2. The molecule has 0 bridgehead atoms. The van der Waals surface area contributed by atoms with E-state index in [1.165, 1.54) is 52.6 Å². The van der Waals surface area contributed by atoms with Gasteiger partial charge in [0.25, 0.3) is 5.56 Å². The van der Waals surface area contributed by atoms with Gasteiger partial charge in [0.2, 0.25) is 5.91 Å². The highest BCUT2D eigenvalue weighted by Gasteiger charge is 2.17. The number of nitrogens with zero attached hydrogens (tertiary/aromatic N) is 1. The molecule has 0 saturated heterocycles. The second-order valence-corrected chi connectivity index (χ2v) is 10.8. The highest BCUT2D eigenvalue weighted by Crippen LogP contribution is 2.34.